The number of hydrogen-bond donors (Lipinski definition) is 1. The van der Waals surface area contributed by atoms with Crippen LogP contribution in [-0.4, -0.2) is 50.2 Å². The number of amides is 1. The molecule has 0 bridgehead atoms. The standard InChI is InChI=1S/C13H24N2O2/c1-15(9-6-11-2-3-11)13(16)10-17-12-4-7-14-8-5-12/h11-12,14H,2-10H2,1H3. The first-order valence-corrected chi connectivity index (χ1v) is 6.82. The van der Waals surface area contributed by atoms with Crippen molar-refractivity contribution in [2.45, 2.75) is 38.2 Å². The average molecular weight is 240 g/mol. The van der Waals surface area contributed by atoms with Gasteiger partial charge in [0.15, 0.2) is 0 Å². The van der Waals surface area contributed by atoms with Gasteiger partial charge in [-0.25, -0.2) is 0 Å². The first kappa shape index (κ1) is 12.8. The Morgan fingerprint density at radius 3 is 2.65 bits per heavy atom. The molecule has 1 saturated heterocycles. The fourth-order valence-corrected chi connectivity index (χ4v) is 2.17. The van der Waals surface area contributed by atoms with Crippen molar-refractivity contribution >= 4 is 5.91 Å². The van der Waals surface area contributed by atoms with Crippen LogP contribution in [0.1, 0.15) is 32.1 Å². The number of likely N-dealkylation sites (N-methyl/N-ethyl adjacent to an activating group) is 1. The lowest BCUT2D eigenvalue weighted by Crippen LogP contribution is -2.36. The van der Waals surface area contributed by atoms with E-state index in [0.29, 0.717) is 0 Å². The van der Waals surface area contributed by atoms with E-state index in [4.69, 9.17) is 4.74 Å². The molecule has 4 nitrogen and oxygen atoms in total. The molecule has 1 N–H and O–H groups in total. The van der Waals surface area contributed by atoms with E-state index in [0.717, 1.165) is 44.8 Å². The van der Waals surface area contributed by atoms with Crippen LogP contribution in [0.15, 0.2) is 0 Å². The number of piperidine rings is 1. The van der Waals surface area contributed by atoms with Crippen LogP contribution in [0.4, 0.5) is 0 Å². The maximum atomic E-state index is 11.8. The summed E-state index contributed by atoms with van der Waals surface area (Å²) in [6.07, 6.45) is 6.20. The monoisotopic (exact) mass is 240 g/mol. The molecule has 1 saturated carbocycles. The van der Waals surface area contributed by atoms with Crippen molar-refractivity contribution in [2.75, 3.05) is 33.3 Å². The van der Waals surface area contributed by atoms with E-state index < -0.39 is 0 Å². The minimum Gasteiger partial charge on any atom is -0.368 e. The molecule has 2 fully saturated rings. The molecule has 0 atom stereocenters. The maximum absolute atomic E-state index is 11.8. The summed E-state index contributed by atoms with van der Waals surface area (Å²) in [5.41, 5.74) is 0. The summed E-state index contributed by atoms with van der Waals surface area (Å²) in [6, 6.07) is 0. The highest BCUT2D eigenvalue weighted by Crippen LogP contribution is 2.32. The third-order valence-electron chi connectivity index (χ3n) is 3.72. The zero-order chi connectivity index (χ0) is 12.1. The van der Waals surface area contributed by atoms with E-state index in [2.05, 4.69) is 5.32 Å². The summed E-state index contributed by atoms with van der Waals surface area (Å²) < 4.78 is 5.66. The van der Waals surface area contributed by atoms with Crippen molar-refractivity contribution in [2.24, 2.45) is 5.92 Å². The van der Waals surface area contributed by atoms with Gasteiger partial charge in [-0.2, -0.15) is 0 Å². The highest BCUT2D eigenvalue weighted by Gasteiger charge is 2.22. The van der Waals surface area contributed by atoms with Gasteiger partial charge in [0.05, 0.1) is 6.10 Å². The third kappa shape index (κ3) is 4.64. The molecule has 0 aromatic rings. The van der Waals surface area contributed by atoms with E-state index >= 15 is 0 Å². The molecular weight excluding hydrogens is 216 g/mol. The second-order valence-electron chi connectivity index (χ2n) is 5.31. The molecule has 2 aliphatic rings. The topological polar surface area (TPSA) is 41.6 Å². The van der Waals surface area contributed by atoms with Crippen molar-refractivity contribution in [3.05, 3.63) is 0 Å². The summed E-state index contributed by atoms with van der Waals surface area (Å²) in [6.45, 7) is 3.16. The van der Waals surface area contributed by atoms with Gasteiger partial charge < -0.3 is 15.0 Å². The predicted molar refractivity (Wildman–Crippen MR) is 66.8 cm³/mol. The Labute approximate surface area is 104 Å². The highest BCUT2D eigenvalue weighted by molar-refractivity contribution is 5.77. The van der Waals surface area contributed by atoms with Crippen molar-refractivity contribution in [1.82, 2.24) is 10.2 Å². The van der Waals surface area contributed by atoms with Crippen LogP contribution >= 0.6 is 0 Å². The first-order valence-electron chi connectivity index (χ1n) is 6.82. The molecular formula is C13H24N2O2. The fraction of sp³-hybridized carbons (Fsp3) is 0.923. The van der Waals surface area contributed by atoms with Gasteiger partial charge in [0, 0.05) is 13.6 Å². The Morgan fingerprint density at radius 1 is 1.29 bits per heavy atom. The van der Waals surface area contributed by atoms with E-state index in [9.17, 15) is 4.79 Å². The molecule has 0 aromatic heterocycles. The SMILES string of the molecule is CN(CCC1CC1)C(=O)COC1CCNCC1. The Balaban J connectivity index is 1.57. The zero-order valence-corrected chi connectivity index (χ0v) is 10.8. The summed E-state index contributed by atoms with van der Waals surface area (Å²) in [7, 11) is 1.89. The Hall–Kier alpha value is -0.610. The summed E-state index contributed by atoms with van der Waals surface area (Å²) in [4.78, 5) is 13.6. The van der Waals surface area contributed by atoms with Crippen LogP contribution in [0, 0.1) is 5.92 Å². The van der Waals surface area contributed by atoms with Crippen LogP contribution < -0.4 is 5.32 Å². The van der Waals surface area contributed by atoms with Crippen molar-refractivity contribution in [3.63, 3.8) is 0 Å². The summed E-state index contributed by atoms with van der Waals surface area (Å²) >= 11 is 0. The van der Waals surface area contributed by atoms with Crippen molar-refractivity contribution < 1.29 is 9.53 Å². The quantitative estimate of drug-likeness (QED) is 0.753. The first-order chi connectivity index (χ1) is 8.25. The third-order valence-corrected chi connectivity index (χ3v) is 3.72. The Bertz CT molecular complexity index is 248. The molecule has 1 amide bonds. The van der Waals surface area contributed by atoms with Crippen molar-refractivity contribution in [1.29, 1.82) is 0 Å². The van der Waals surface area contributed by atoms with Crippen LogP contribution in [0.25, 0.3) is 0 Å². The van der Waals surface area contributed by atoms with Crippen LogP contribution in [0.5, 0.6) is 0 Å². The minimum absolute atomic E-state index is 0.129. The molecule has 98 valence electrons. The van der Waals surface area contributed by atoms with E-state index in [-0.39, 0.29) is 18.6 Å². The number of rotatable bonds is 6. The second kappa shape index (κ2) is 6.36. The number of hydrogen-bond acceptors (Lipinski definition) is 3. The van der Waals surface area contributed by atoms with Gasteiger partial charge in [0.2, 0.25) is 5.91 Å². The van der Waals surface area contributed by atoms with E-state index in [1.54, 1.807) is 0 Å². The van der Waals surface area contributed by atoms with Gasteiger partial charge in [-0.1, -0.05) is 12.8 Å². The molecule has 17 heavy (non-hydrogen) atoms. The lowest BCUT2D eigenvalue weighted by Gasteiger charge is -2.24. The van der Waals surface area contributed by atoms with Crippen LogP contribution in [0.2, 0.25) is 0 Å². The zero-order valence-electron chi connectivity index (χ0n) is 10.8. The normalized spacial score (nSPS) is 21.5. The molecule has 1 heterocycles. The number of nitrogens with one attached hydrogen (secondary N) is 1. The molecule has 0 aromatic carbocycles. The summed E-state index contributed by atoms with van der Waals surface area (Å²) in [5.74, 6) is 1.01. The summed E-state index contributed by atoms with van der Waals surface area (Å²) in [5, 5.41) is 3.29. The van der Waals surface area contributed by atoms with E-state index in [1.165, 1.54) is 12.8 Å². The van der Waals surface area contributed by atoms with Gasteiger partial charge in [-0.05, 0) is 38.3 Å². The molecule has 1 aliphatic carbocycles. The largest absolute Gasteiger partial charge is 0.368 e. The Kier molecular flexibility index (Phi) is 4.80. The van der Waals surface area contributed by atoms with E-state index in [1.807, 2.05) is 11.9 Å². The van der Waals surface area contributed by atoms with Gasteiger partial charge in [-0.3, -0.25) is 4.79 Å². The Morgan fingerprint density at radius 2 is 2.00 bits per heavy atom. The molecule has 4 heteroatoms. The second-order valence-corrected chi connectivity index (χ2v) is 5.31. The number of nitrogens with zero attached hydrogens (tertiary/aromatic N) is 1. The van der Waals surface area contributed by atoms with Crippen LogP contribution in [0.3, 0.4) is 0 Å². The molecule has 2 rings (SSSR count). The highest BCUT2D eigenvalue weighted by atomic mass is 16.5. The van der Waals surface area contributed by atoms with Gasteiger partial charge in [0.25, 0.3) is 0 Å². The molecule has 0 unspecified atom stereocenters. The number of ether oxygens (including phenoxy) is 1. The lowest BCUT2D eigenvalue weighted by atomic mass is 10.1. The number of carbonyl (C=O) groups is 1. The fourth-order valence-electron chi connectivity index (χ4n) is 2.17. The molecule has 1 aliphatic heterocycles. The maximum Gasteiger partial charge on any atom is 0.248 e. The van der Waals surface area contributed by atoms with Gasteiger partial charge in [0.1, 0.15) is 6.61 Å². The predicted octanol–water partition coefficient (Wildman–Crippen LogP) is 1.01. The number of carbonyl (C=O) groups excluding carboxylic acids is 1. The van der Waals surface area contributed by atoms with Gasteiger partial charge >= 0.3 is 0 Å². The minimum atomic E-state index is 0.129. The lowest BCUT2D eigenvalue weighted by molar-refractivity contribution is -0.137. The van der Waals surface area contributed by atoms with Crippen LogP contribution in [-0.2, 0) is 9.53 Å². The molecule has 0 radical (unpaired) electrons. The van der Waals surface area contributed by atoms with Crippen molar-refractivity contribution in [3.8, 4) is 0 Å². The molecule has 0 spiro atoms. The smallest absolute Gasteiger partial charge is 0.248 e. The van der Waals surface area contributed by atoms with Gasteiger partial charge in [-0.15, -0.1) is 0 Å². The average Bonchev–Trinajstić information content (AvgIpc) is 3.18.